The minimum absolute atomic E-state index is 0.0759. The number of nitrogens with one attached hydrogen (secondary N) is 1. The van der Waals surface area contributed by atoms with Crippen LogP contribution >= 0.6 is 22.9 Å². The van der Waals surface area contributed by atoms with Crippen molar-refractivity contribution in [2.24, 2.45) is 0 Å². The molecule has 184 valence electrons. The second-order valence-corrected chi connectivity index (χ2v) is 9.56. The summed E-state index contributed by atoms with van der Waals surface area (Å²) < 4.78 is 43.8. The Balaban J connectivity index is 1.42. The number of thiophene rings is 1. The molecule has 36 heavy (non-hydrogen) atoms. The van der Waals surface area contributed by atoms with Crippen molar-refractivity contribution in [2.45, 2.75) is 26.1 Å². The van der Waals surface area contributed by atoms with Crippen molar-refractivity contribution in [1.82, 2.24) is 24.4 Å². The van der Waals surface area contributed by atoms with E-state index in [4.69, 9.17) is 11.6 Å². The summed E-state index contributed by atoms with van der Waals surface area (Å²) in [5.41, 5.74) is 0.175. The number of carbonyl (C=O) groups excluding carboxylic acids is 1. The summed E-state index contributed by atoms with van der Waals surface area (Å²) in [6.45, 7) is 2.39. The first-order valence-corrected chi connectivity index (χ1v) is 12.0. The quantitative estimate of drug-likeness (QED) is 0.284. The number of amides is 1. The van der Waals surface area contributed by atoms with Gasteiger partial charge in [0.25, 0.3) is 5.91 Å². The van der Waals surface area contributed by atoms with Crippen LogP contribution in [-0.4, -0.2) is 30.3 Å². The molecule has 4 aromatic heterocycles. The molecule has 4 heterocycles. The van der Waals surface area contributed by atoms with Crippen LogP contribution in [0.3, 0.4) is 0 Å². The number of anilines is 1. The third-order valence-electron chi connectivity index (χ3n) is 5.34. The van der Waals surface area contributed by atoms with E-state index in [0.717, 1.165) is 22.9 Å². The Morgan fingerprint density at radius 1 is 1.17 bits per heavy atom. The molecule has 0 saturated heterocycles. The number of carbonyl (C=O) groups is 1. The molecule has 1 aromatic carbocycles. The zero-order valence-electron chi connectivity index (χ0n) is 18.8. The lowest BCUT2D eigenvalue weighted by Gasteiger charge is -2.10. The summed E-state index contributed by atoms with van der Waals surface area (Å²) in [6, 6.07) is 13.1. The van der Waals surface area contributed by atoms with Gasteiger partial charge in [-0.3, -0.25) is 9.48 Å². The second-order valence-electron chi connectivity index (χ2n) is 7.95. The number of aryl methyl sites for hydroxylation is 1. The first-order valence-electron chi connectivity index (χ1n) is 10.8. The van der Waals surface area contributed by atoms with E-state index in [1.165, 1.54) is 23.6 Å². The molecule has 5 aromatic rings. The monoisotopic (exact) mass is 530 g/mol. The van der Waals surface area contributed by atoms with Crippen LogP contribution in [0.4, 0.5) is 18.9 Å². The standard InChI is InChI=1S/C24H18ClF3N6OS/c1-2-17-6-7-20(36-17)18-9-21(24(26,27)28)34-22(31-18)10-19(32-34)23(35)30-16-11-29-33(13-16)12-14-4-3-5-15(25)8-14/h3-11,13H,2,12H2,1H3,(H,30,35). The Kier molecular flexibility index (Phi) is 6.27. The normalized spacial score (nSPS) is 11.8. The molecule has 0 atom stereocenters. The number of nitrogens with zero attached hydrogens (tertiary/aromatic N) is 5. The number of hydrogen-bond acceptors (Lipinski definition) is 5. The van der Waals surface area contributed by atoms with Gasteiger partial charge in [-0.25, -0.2) is 9.50 Å². The maximum absolute atomic E-state index is 13.8. The first-order chi connectivity index (χ1) is 17.2. The fraction of sp³-hybridized carbons (Fsp3) is 0.167. The Hall–Kier alpha value is -3.70. The predicted octanol–water partition coefficient (Wildman–Crippen LogP) is 6.19. The van der Waals surface area contributed by atoms with Crippen molar-refractivity contribution < 1.29 is 18.0 Å². The lowest BCUT2D eigenvalue weighted by Crippen LogP contribution is -2.15. The average molecular weight is 531 g/mol. The minimum Gasteiger partial charge on any atom is -0.318 e. The topological polar surface area (TPSA) is 77.1 Å². The highest BCUT2D eigenvalue weighted by molar-refractivity contribution is 7.15. The van der Waals surface area contributed by atoms with Crippen LogP contribution in [-0.2, 0) is 19.1 Å². The molecule has 0 fully saturated rings. The number of alkyl halides is 3. The highest BCUT2D eigenvalue weighted by Gasteiger charge is 2.36. The average Bonchev–Trinajstić information content (AvgIpc) is 3.57. The van der Waals surface area contributed by atoms with Crippen molar-refractivity contribution in [3.63, 3.8) is 0 Å². The van der Waals surface area contributed by atoms with E-state index in [0.29, 0.717) is 26.6 Å². The van der Waals surface area contributed by atoms with Gasteiger partial charge in [0, 0.05) is 22.2 Å². The van der Waals surface area contributed by atoms with Gasteiger partial charge in [0.15, 0.2) is 17.0 Å². The molecule has 1 amide bonds. The third-order valence-corrected chi connectivity index (χ3v) is 6.82. The van der Waals surface area contributed by atoms with Gasteiger partial charge in [-0.05, 0) is 42.3 Å². The van der Waals surface area contributed by atoms with Gasteiger partial charge in [0.05, 0.1) is 29.0 Å². The van der Waals surface area contributed by atoms with Crippen molar-refractivity contribution in [2.75, 3.05) is 5.32 Å². The second kappa shape index (κ2) is 9.40. The largest absolute Gasteiger partial charge is 0.433 e. The van der Waals surface area contributed by atoms with Crippen molar-refractivity contribution in [3.8, 4) is 10.6 Å². The van der Waals surface area contributed by atoms with E-state index >= 15 is 0 Å². The van der Waals surface area contributed by atoms with E-state index in [2.05, 4.69) is 20.5 Å². The predicted molar refractivity (Wildman–Crippen MR) is 131 cm³/mol. The molecule has 1 N–H and O–H groups in total. The van der Waals surface area contributed by atoms with Crippen molar-refractivity contribution >= 4 is 40.2 Å². The van der Waals surface area contributed by atoms with E-state index in [1.807, 2.05) is 25.1 Å². The van der Waals surface area contributed by atoms with Crippen LogP contribution in [0.5, 0.6) is 0 Å². The Labute approximate surface area is 212 Å². The molecule has 0 spiro atoms. The van der Waals surface area contributed by atoms with Gasteiger partial charge in [0.1, 0.15) is 0 Å². The van der Waals surface area contributed by atoms with Gasteiger partial charge in [-0.2, -0.15) is 23.4 Å². The molecule has 0 unspecified atom stereocenters. The lowest BCUT2D eigenvalue weighted by molar-refractivity contribution is -0.142. The van der Waals surface area contributed by atoms with E-state index in [1.54, 1.807) is 29.1 Å². The molecule has 0 aliphatic rings. The third kappa shape index (κ3) is 4.98. The van der Waals surface area contributed by atoms with Crippen LogP contribution in [0.25, 0.3) is 16.2 Å². The Morgan fingerprint density at radius 2 is 2.00 bits per heavy atom. The van der Waals surface area contributed by atoms with Crippen molar-refractivity contribution in [1.29, 1.82) is 0 Å². The Morgan fingerprint density at radius 3 is 2.72 bits per heavy atom. The van der Waals surface area contributed by atoms with Crippen LogP contribution in [0.2, 0.25) is 5.02 Å². The van der Waals surface area contributed by atoms with Crippen LogP contribution in [0, 0.1) is 0 Å². The number of hydrogen-bond donors (Lipinski definition) is 1. The van der Waals surface area contributed by atoms with Crippen LogP contribution < -0.4 is 5.32 Å². The lowest BCUT2D eigenvalue weighted by atomic mass is 10.2. The summed E-state index contributed by atoms with van der Waals surface area (Å²) in [4.78, 5) is 18.8. The maximum Gasteiger partial charge on any atom is 0.433 e. The molecular weight excluding hydrogens is 513 g/mol. The molecule has 5 rings (SSSR count). The fourth-order valence-corrected chi connectivity index (χ4v) is 4.77. The highest BCUT2D eigenvalue weighted by Crippen LogP contribution is 2.34. The summed E-state index contributed by atoms with van der Waals surface area (Å²) >= 11 is 7.38. The van der Waals surface area contributed by atoms with Gasteiger partial charge in [-0.15, -0.1) is 11.3 Å². The van der Waals surface area contributed by atoms with Gasteiger partial charge < -0.3 is 5.32 Å². The minimum atomic E-state index is -4.69. The summed E-state index contributed by atoms with van der Waals surface area (Å²) in [7, 11) is 0. The van der Waals surface area contributed by atoms with E-state index in [-0.39, 0.29) is 17.0 Å². The molecule has 12 heteroatoms. The molecule has 0 aliphatic heterocycles. The molecule has 7 nitrogen and oxygen atoms in total. The van der Waals surface area contributed by atoms with Crippen molar-refractivity contribution in [3.05, 3.63) is 87.8 Å². The summed E-state index contributed by atoms with van der Waals surface area (Å²) in [6.07, 6.45) is -0.875. The molecule has 0 aliphatic carbocycles. The molecule has 0 saturated carbocycles. The fourth-order valence-electron chi connectivity index (χ4n) is 3.65. The zero-order chi connectivity index (χ0) is 25.4. The summed E-state index contributed by atoms with van der Waals surface area (Å²) in [5.74, 6) is -0.679. The van der Waals surface area contributed by atoms with E-state index < -0.39 is 17.8 Å². The summed E-state index contributed by atoms with van der Waals surface area (Å²) in [5, 5.41) is 11.3. The molecule has 0 radical (unpaired) electrons. The van der Waals surface area contributed by atoms with Gasteiger partial charge >= 0.3 is 6.18 Å². The first kappa shape index (κ1) is 24.0. The smallest absolute Gasteiger partial charge is 0.318 e. The molecular formula is C24H18ClF3N6OS. The number of benzene rings is 1. The SMILES string of the molecule is CCc1ccc(-c2cc(C(F)(F)F)n3nc(C(=O)Nc4cnn(Cc5cccc(Cl)c5)c4)cc3n2)s1. The molecule has 0 bridgehead atoms. The van der Waals surface area contributed by atoms with E-state index in [9.17, 15) is 18.0 Å². The zero-order valence-corrected chi connectivity index (χ0v) is 20.3. The van der Waals surface area contributed by atoms with Crippen LogP contribution in [0.15, 0.2) is 60.9 Å². The van der Waals surface area contributed by atoms with Gasteiger partial charge in [-0.1, -0.05) is 30.7 Å². The number of fused-ring (bicyclic) bond motifs is 1. The maximum atomic E-state index is 13.8. The van der Waals surface area contributed by atoms with Crippen LogP contribution in [0.1, 0.15) is 33.5 Å². The number of aromatic nitrogens is 5. The highest BCUT2D eigenvalue weighted by atomic mass is 35.5. The Bertz CT molecular complexity index is 1570. The number of rotatable bonds is 6. The van der Waals surface area contributed by atoms with Gasteiger partial charge in [0.2, 0.25) is 0 Å². The number of halogens is 4.